The third-order valence-electron chi connectivity index (χ3n) is 5.21. The minimum atomic E-state index is -1.33. The third kappa shape index (κ3) is 4.35. The minimum Gasteiger partial charge on any atom is -0.383 e. The van der Waals surface area contributed by atoms with Gasteiger partial charge in [0.1, 0.15) is 6.07 Å². The van der Waals surface area contributed by atoms with Gasteiger partial charge in [-0.15, -0.1) is 0 Å². The van der Waals surface area contributed by atoms with Crippen molar-refractivity contribution in [3.63, 3.8) is 0 Å². The second-order valence-electron chi connectivity index (χ2n) is 7.02. The van der Waals surface area contributed by atoms with Crippen LogP contribution in [0.15, 0.2) is 12.4 Å². The summed E-state index contributed by atoms with van der Waals surface area (Å²) in [6, 6.07) is 2.07. The lowest BCUT2D eigenvalue weighted by Gasteiger charge is -2.43. The molecule has 2 saturated heterocycles. The lowest BCUT2D eigenvalue weighted by atomic mass is 9.91. The van der Waals surface area contributed by atoms with Crippen molar-refractivity contribution in [2.45, 2.75) is 18.4 Å². The first-order valence-corrected chi connectivity index (χ1v) is 9.26. The van der Waals surface area contributed by atoms with Gasteiger partial charge >= 0.3 is 0 Å². The summed E-state index contributed by atoms with van der Waals surface area (Å²) in [5.41, 5.74) is -1.01. The topological polar surface area (TPSA) is 106 Å². The molecule has 1 aromatic heterocycles. The molecular weight excluding hydrogens is 348 g/mol. The Hall–Kier alpha value is -2.28. The second kappa shape index (κ2) is 8.61. The Labute approximate surface area is 159 Å². The predicted molar refractivity (Wildman–Crippen MR) is 98.0 cm³/mol. The van der Waals surface area contributed by atoms with Crippen LogP contribution in [0, 0.1) is 11.3 Å². The van der Waals surface area contributed by atoms with E-state index in [1.165, 1.54) is 6.20 Å². The molecule has 27 heavy (non-hydrogen) atoms. The maximum atomic E-state index is 12.7. The number of nitrogens with zero attached hydrogens (tertiary/aromatic N) is 6. The smallest absolute Gasteiger partial charge is 0.255 e. The Morgan fingerprint density at radius 3 is 2.70 bits per heavy atom. The Balaban J connectivity index is 1.58. The Kier molecular flexibility index (Phi) is 6.21. The zero-order valence-corrected chi connectivity index (χ0v) is 15.7. The summed E-state index contributed by atoms with van der Waals surface area (Å²) >= 11 is 0. The van der Waals surface area contributed by atoms with Crippen molar-refractivity contribution >= 4 is 11.7 Å². The molecule has 2 aliphatic rings. The first-order valence-electron chi connectivity index (χ1n) is 9.26. The van der Waals surface area contributed by atoms with Gasteiger partial charge in [-0.1, -0.05) is 0 Å². The van der Waals surface area contributed by atoms with E-state index in [9.17, 15) is 15.2 Å². The van der Waals surface area contributed by atoms with Crippen LogP contribution < -0.4 is 4.90 Å². The molecule has 146 valence electrons. The van der Waals surface area contributed by atoms with Gasteiger partial charge in [-0.2, -0.15) is 5.26 Å². The van der Waals surface area contributed by atoms with E-state index in [0.29, 0.717) is 70.4 Å². The van der Waals surface area contributed by atoms with E-state index in [0.717, 1.165) is 6.42 Å². The number of carbonyl (C=O) groups is 1. The first kappa shape index (κ1) is 19.5. The number of anilines is 1. The number of hydrogen-bond donors (Lipinski definition) is 1. The van der Waals surface area contributed by atoms with Crippen molar-refractivity contribution in [3.8, 4) is 6.07 Å². The molecule has 1 N–H and O–H groups in total. The highest BCUT2D eigenvalue weighted by Gasteiger charge is 2.43. The summed E-state index contributed by atoms with van der Waals surface area (Å²) in [7, 11) is 1.61. The maximum absolute atomic E-state index is 12.7. The van der Waals surface area contributed by atoms with Crippen molar-refractivity contribution < 1.29 is 14.6 Å². The van der Waals surface area contributed by atoms with E-state index >= 15 is 0 Å². The number of ether oxygens (including phenoxy) is 1. The van der Waals surface area contributed by atoms with Crippen LogP contribution in [0.3, 0.4) is 0 Å². The molecule has 2 fully saturated rings. The summed E-state index contributed by atoms with van der Waals surface area (Å²) in [6.45, 7) is 4.70. The fourth-order valence-electron chi connectivity index (χ4n) is 3.76. The van der Waals surface area contributed by atoms with Crippen LogP contribution in [0.25, 0.3) is 0 Å². The monoisotopic (exact) mass is 374 g/mol. The number of piperazine rings is 1. The summed E-state index contributed by atoms with van der Waals surface area (Å²) < 4.78 is 5.06. The number of methoxy groups -OCH3 is 1. The third-order valence-corrected chi connectivity index (χ3v) is 5.21. The average molecular weight is 374 g/mol. The van der Waals surface area contributed by atoms with Crippen LogP contribution in [0.4, 0.5) is 5.82 Å². The van der Waals surface area contributed by atoms with Gasteiger partial charge in [0.25, 0.3) is 5.91 Å². The summed E-state index contributed by atoms with van der Waals surface area (Å²) in [4.78, 5) is 26.9. The molecule has 0 radical (unpaired) electrons. The highest BCUT2D eigenvalue weighted by atomic mass is 16.5. The molecular formula is C18H26N6O3. The molecule has 0 bridgehead atoms. The van der Waals surface area contributed by atoms with Crippen molar-refractivity contribution in [1.29, 1.82) is 5.26 Å². The van der Waals surface area contributed by atoms with Gasteiger partial charge in [0.05, 0.1) is 6.61 Å². The van der Waals surface area contributed by atoms with Crippen LogP contribution >= 0.6 is 0 Å². The van der Waals surface area contributed by atoms with Gasteiger partial charge in [0, 0.05) is 65.3 Å². The number of piperidine rings is 1. The van der Waals surface area contributed by atoms with E-state index in [-0.39, 0.29) is 5.91 Å². The quantitative estimate of drug-likeness (QED) is 0.708. The molecule has 0 aromatic carbocycles. The van der Waals surface area contributed by atoms with Crippen molar-refractivity contribution in [1.82, 2.24) is 19.8 Å². The van der Waals surface area contributed by atoms with Crippen LogP contribution in [0.5, 0.6) is 0 Å². The first-order chi connectivity index (χ1) is 13.1. The van der Waals surface area contributed by atoms with Crippen LogP contribution in [-0.4, -0.2) is 95.9 Å². The molecule has 1 aromatic rings. The molecule has 1 amide bonds. The fourth-order valence-corrected chi connectivity index (χ4v) is 3.76. The lowest BCUT2D eigenvalue weighted by molar-refractivity contribution is -0.160. The summed E-state index contributed by atoms with van der Waals surface area (Å²) in [5, 5.41) is 20.2. The molecule has 0 saturated carbocycles. The van der Waals surface area contributed by atoms with Gasteiger partial charge in [0.2, 0.25) is 0 Å². The minimum absolute atomic E-state index is 0.200. The van der Waals surface area contributed by atoms with Gasteiger partial charge in [-0.3, -0.25) is 9.69 Å². The van der Waals surface area contributed by atoms with Crippen LogP contribution in [0.1, 0.15) is 18.5 Å². The number of nitriles is 1. The van der Waals surface area contributed by atoms with Gasteiger partial charge in [-0.05, 0) is 12.8 Å². The van der Waals surface area contributed by atoms with Crippen molar-refractivity contribution in [2.24, 2.45) is 0 Å². The number of likely N-dealkylation sites (tertiary alicyclic amines) is 1. The highest BCUT2D eigenvalue weighted by molar-refractivity contribution is 5.86. The molecule has 2 aliphatic heterocycles. The molecule has 9 nitrogen and oxygen atoms in total. The van der Waals surface area contributed by atoms with Gasteiger partial charge < -0.3 is 19.6 Å². The second-order valence-corrected chi connectivity index (χ2v) is 7.02. The summed E-state index contributed by atoms with van der Waals surface area (Å²) in [5.74, 6) is 0.395. The van der Waals surface area contributed by atoms with E-state index in [1.807, 2.05) is 4.90 Å². The van der Waals surface area contributed by atoms with Gasteiger partial charge in [-0.25, -0.2) is 9.97 Å². The van der Waals surface area contributed by atoms with E-state index < -0.39 is 5.60 Å². The lowest BCUT2D eigenvalue weighted by Crippen LogP contribution is -2.61. The molecule has 0 spiro atoms. The number of rotatable bonds is 6. The zero-order valence-electron chi connectivity index (χ0n) is 15.7. The van der Waals surface area contributed by atoms with Crippen LogP contribution in [0.2, 0.25) is 0 Å². The molecule has 1 atom stereocenters. The Morgan fingerprint density at radius 2 is 2.00 bits per heavy atom. The molecule has 3 heterocycles. The summed E-state index contributed by atoms with van der Waals surface area (Å²) in [6.07, 6.45) is 4.37. The predicted octanol–water partition coefficient (Wildman–Crippen LogP) is -0.530. The van der Waals surface area contributed by atoms with E-state index in [2.05, 4.69) is 20.9 Å². The SMILES string of the molecule is COCCN1CCC[C@](O)(CN2CCN(c3nccnc3C#N)CC2)C1=O. The fraction of sp³-hybridized carbons (Fsp3) is 0.667. The van der Waals surface area contributed by atoms with E-state index in [4.69, 9.17) is 4.74 Å². The van der Waals surface area contributed by atoms with Crippen molar-refractivity contribution in [3.05, 3.63) is 18.1 Å². The maximum Gasteiger partial charge on any atom is 0.255 e. The standard InChI is InChI=1S/C18H26N6O3/c1-27-12-11-24-6-2-3-18(26,17(24)25)14-22-7-9-23(10-8-22)16-15(13-19)20-4-5-21-16/h4-5,26H,2-3,6-12,14H2,1H3/t18-/m0/s1. The highest BCUT2D eigenvalue weighted by Crippen LogP contribution is 2.25. The Bertz CT molecular complexity index is 701. The molecule has 0 unspecified atom stereocenters. The molecule has 9 heteroatoms. The number of hydrogen-bond acceptors (Lipinski definition) is 8. The Morgan fingerprint density at radius 1 is 1.26 bits per heavy atom. The largest absolute Gasteiger partial charge is 0.383 e. The average Bonchev–Trinajstić information content (AvgIpc) is 2.70. The zero-order chi connectivity index (χ0) is 19.3. The molecule has 0 aliphatic carbocycles. The van der Waals surface area contributed by atoms with Gasteiger partial charge in [0.15, 0.2) is 17.1 Å². The number of amides is 1. The number of aliphatic hydroxyl groups is 1. The number of β-amino-alcohol motifs (C(OH)–C–C–N with tert-alkyl or cyclic N) is 1. The van der Waals surface area contributed by atoms with Crippen molar-refractivity contribution in [2.75, 3.05) is 64.4 Å². The van der Waals surface area contributed by atoms with Crippen LogP contribution in [-0.2, 0) is 9.53 Å². The number of aromatic nitrogens is 2. The molecule has 3 rings (SSSR count). The number of carbonyl (C=O) groups excluding carboxylic acids is 1. The normalized spacial score (nSPS) is 24.1. The van der Waals surface area contributed by atoms with E-state index in [1.54, 1.807) is 18.2 Å².